The molecule has 33 heavy (non-hydrogen) atoms. The fourth-order valence-electron chi connectivity index (χ4n) is 4.20. The molecule has 2 aliphatic heterocycles. The number of thioether (sulfide) groups is 1. The fraction of sp³-hybridized carbons (Fsp3) is 0.400. The van der Waals surface area contributed by atoms with Gasteiger partial charge in [-0.15, -0.1) is 11.8 Å². The number of nitrogens with one attached hydrogen (secondary N) is 3. The highest BCUT2D eigenvalue weighted by Gasteiger charge is 2.41. The van der Waals surface area contributed by atoms with E-state index in [1.807, 2.05) is 24.3 Å². The molecule has 0 radical (unpaired) electrons. The molecule has 2 fully saturated rings. The summed E-state index contributed by atoms with van der Waals surface area (Å²) in [6.07, 6.45) is 3.80. The molecule has 174 valence electrons. The van der Waals surface area contributed by atoms with Gasteiger partial charge in [0.2, 0.25) is 0 Å². The second kappa shape index (κ2) is 10.4. The summed E-state index contributed by atoms with van der Waals surface area (Å²) in [5.41, 5.74) is 1.93. The number of amides is 4. The van der Waals surface area contributed by atoms with Gasteiger partial charge in [-0.1, -0.05) is 42.8 Å². The molecule has 7 nitrogen and oxygen atoms in total. The third-order valence-corrected chi connectivity index (χ3v) is 7.55. The maximum atomic E-state index is 13.0. The van der Waals surface area contributed by atoms with E-state index < -0.39 is 11.6 Å². The van der Waals surface area contributed by atoms with Gasteiger partial charge in [-0.3, -0.25) is 19.8 Å². The van der Waals surface area contributed by atoms with Crippen molar-refractivity contribution in [1.82, 2.24) is 20.9 Å². The predicted octanol–water partition coefficient (Wildman–Crippen LogP) is 3.29. The maximum absolute atomic E-state index is 13.0. The highest BCUT2D eigenvalue weighted by atomic mass is 32.2. The molecule has 0 aliphatic carbocycles. The van der Waals surface area contributed by atoms with Gasteiger partial charge >= 0.3 is 6.03 Å². The van der Waals surface area contributed by atoms with Gasteiger partial charge in [0.1, 0.15) is 5.54 Å². The first-order chi connectivity index (χ1) is 15.9. The Bertz CT molecular complexity index is 1040. The molecule has 3 N–H and O–H groups in total. The van der Waals surface area contributed by atoms with E-state index in [1.165, 1.54) is 36.6 Å². The average molecular weight is 467 g/mol. The fourth-order valence-corrected chi connectivity index (χ4v) is 5.34. The van der Waals surface area contributed by atoms with Crippen LogP contribution >= 0.6 is 11.8 Å². The molecule has 2 aliphatic rings. The first-order valence-electron chi connectivity index (χ1n) is 11.4. The minimum Gasteiger partial charge on any atom is -0.348 e. The lowest BCUT2D eigenvalue weighted by Gasteiger charge is -2.27. The molecular formula is C25H30N4O3S. The van der Waals surface area contributed by atoms with Gasteiger partial charge in [-0.25, -0.2) is 4.79 Å². The molecule has 0 saturated carbocycles. The Labute approximate surface area is 198 Å². The zero-order chi connectivity index (χ0) is 23.3. The molecular weight excluding hydrogens is 436 g/mol. The highest BCUT2D eigenvalue weighted by molar-refractivity contribution is 7.99. The van der Waals surface area contributed by atoms with E-state index in [0.717, 1.165) is 30.1 Å². The smallest absolute Gasteiger partial charge is 0.322 e. The minimum absolute atomic E-state index is 0.157. The number of rotatable bonds is 8. The zero-order valence-corrected chi connectivity index (χ0v) is 19.7. The molecule has 2 aromatic rings. The summed E-state index contributed by atoms with van der Waals surface area (Å²) < 4.78 is 0. The Morgan fingerprint density at radius 1 is 1.03 bits per heavy atom. The highest BCUT2D eigenvalue weighted by Crippen LogP contribution is 2.27. The quantitative estimate of drug-likeness (QED) is 0.410. The van der Waals surface area contributed by atoms with Crippen molar-refractivity contribution >= 4 is 29.6 Å². The van der Waals surface area contributed by atoms with Crippen LogP contribution in [0.25, 0.3) is 0 Å². The molecule has 2 heterocycles. The number of hydrogen-bond acceptors (Lipinski definition) is 5. The van der Waals surface area contributed by atoms with Gasteiger partial charge in [0.15, 0.2) is 0 Å². The van der Waals surface area contributed by atoms with E-state index in [-0.39, 0.29) is 11.8 Å². The van der Waals surface area contributed by atoms with Crippen LogP contribution in [0, 0.1) is 0 Å². The molecule has 4 rings (SSSR count). The lowest BCUT2D eigenvalue weighted by atomic mass is 10.0. The molecule has 2 saturated heterocycles. The van der Waals surface area contributed by atoms with Crippen LogP contribution in [0.2, 0.25) is 0 Å². The number of likely N-dealkylation sites (tertiary alicyclic amines) is 1. The Balaban J connectivity index is 1.40. The SMILES string of the molecule is C[C@@]1(CSc2ccccc2C(=O)NCc2ccccc2CN2CCCCC2)NC(=O)NC1=O. The van der Waals surface area contributed by atoms with Crippen molar-refractivity contribution in [2.45, 2.75) is 49.7 Å². The van der Waals surface area contributed by atoms with E-state index in [9.17, 15) is 14.4 Å². The number of piperidine rings is 1. The summed E-state index contributed by atoms with van der Waals surface area (Å²) in [6.45, 7) is 5.30. The minimum atomic E-state index is -1.00. The second-order valence-corrected chi connectivity index (χ2v) is 9.83. The van der Waals surface area contributed by atoms with E-state index in [0.29, 0.717) is 17.9 Å². The summed E-state index contributed by atoms with van der Waals surface area (Å²) in [7, 11) is 0. The van der Waals surface area contributed by atoms with Crippen LogP contribution in [-0.2, 0) is 17.9 Å². The van der Waals surface area contributed by atoms with Crippen molar-refractivity contribution in [3.63, 3.8) is 0 Å². The number of urea groups is 1. The van der Waals surface area contributed by atoms with Crippen LogP contribution in [0.4, 0.5) is 4.79 Å². The van der Waals surface area contributed by atoms with E-state index in [4.69, 9.17) is 0 Å². The van der Waals surface area contributed by atoms with Gasteiger partial charge in [-0.05, 0) is 56.1 Å². The van der Waals surface area contributed by atoms with Gasteiger partial charge in [-0.2, -0.15) is 0 Å². The summed E-state index contributed by atoms with van der Waals surface area (Å²) in [5, 5.41) is 8.00. The van der Waals surface area contributed by atoms with Crippen molar-refractivity contribution in [2.24, 2.45) is 0 Å². The molecule has 0 aromatic heterocycles. The monoisotopic (exact) mass is 466 g/mol. The summed E-state index contributed by atoms with van der Waals surface area (Å²) in [5.74, 6) is -0.184. The average Bonchev–Trinajstić information content (AvgIpc) is 3.09. The maximum Gasteiger partial charge on any atom is 0.322 e. The number of imide groups is 1. The van der Waals surface area contributed by atoms with E-state index in [2.05, 4.69) is 39.0 Å². The second-order valence-electron chi connectivity index (χ2n) is 8.81. The van der Waals surface area contributed by atoms with Crippen molar-refractivity contribution in [3.05, 3.63) is 65.2 Å². The molecule has 0 unspecified atom stereocenters. The van der Waals surface area contributed by atoms with Crippen molar-refractivity contribution in [2.75, 3.05) is 18.8 Å². The van der Waals surface area contributed by atoms with Crippen molar-refractivity contribution in [3.8, 4) is 0 Å². The van der Waals surface area contributed by atoms with Crippen LogP contribution in [0.1, 0.15) is 47.7 Å². The van der Waals surface area contributed by atoms with Crippen LogP contribution in [0.15, 0.2) is 53.4 Å². The van der Waals surface area contributed by atoms with Crippen molar-refractivity contribution in [1.29, 1.82) is 0 Å². The molecule has 0 bridgehead atoms. The standard InChI is InChI=1S/C25H30N4O3S/c1-25(23(31)27-24(32)28-25)17-33-21-12-6-5-11-20(21)22(30)26-15-18-9-3-4-10-19(18)16-29-13-7-2-8-14-29/h3-6,9-12H,2,7-8,13-17H2,1H3,(H,26,30)(H2,27,28,31,32)/t25-/m0/s1. The Morgan fingerprint density at radius 2 is 1.73 bits per heavy atom. The summed E-state index contributed by atoms with van der Waals surface area (Å²) in [6, 6.07) is 15.1. The van der Waals surface area contributed by atoms with Crippen LogP contribution < -0.4 is 16.0 Å². The topological polar surface area (TPSA) is 90.5 Å². The van der Waals surface area contributed by atoms with Gasteiger partial charge in [0, 0.05) is 23.7 Å². The number of benzene rings is 2. The lowest BCUT2D eigenvalue weighted by molar-refractivity contribution is -0.122. The van der Waals surface area contributed by atoms with E-state index in [1.54, 1.807) is 13.0 Å². The number of hydrogen-bond donors (Lipinski definition) is 3. The molecule has 1 atom stereocenters. The van der Waals surface area contributed by atoms with Crippen LogP contribution in [-0.4, -0.2) is 47.1 Å². The number of nitrogens with zero attached hydrogens (tertiary/aromatic N) is 1. The largest absolute Gasteiger partial charge is 0.348 e. The van der Waals surface area contributed by atoms with E-state index >= 15 is 0 Å². The summed E-state index contributed by atoms with van der Waals surface area (Å²) in [4.78, 5) is 39.9. The molecule has 2 aromatic carbocycles. The predicted molar refractivity (Wildman–Crippen MR) is 129 cm³/mol. The summed E-state index contributed by atoms with van der Waals surface area (Å²) >= 11 is 1.38. The third-order valence-electron chi connectivity index (χ3n) is 6.17. The van der Waals surface area contributed by atoms with Crippen LogP contribution in [0.5, 0.6) is 0 Å². The molecule has 4 amide bonds. The number of carbonyl (C=O) groups is 3. The Morgan fingerprint density at radius 3 is 2.45 bits per heavy atom. The van der Waals surface area contributed by atoms with Crippen molar-refractivity contribution < 1.29 is 14.4 Å². The first-order valence-corrected chi connectivity index (χ1v) is 12.4. The third kappa shape index (κ3) is 5.75. The Hall–Kier alpha value is -2.84. The van der Waals surface area contributed by atoms with Gasteiger partial charge < -0.3 is 10.6 Å². The Kier molecular flexibility index (Phi) is 7.35. The van der Waals surface area contributed by atoms with Gasteiger partial charge in [0.25, 0.3) is 11.8 Å². The molecule has 0 spiro atoms. The van der Waals surface area contributed by atoms with Crippen LogP contribution in [0.3, 0.4) is 0 Å². The lowest BCUT2D eigenvalue weighted by Crippen LogP contribution is -2.46. The first kappa shape index (κ1) is 23.3. The molecule has 8 heteroatoms. The number of carbonyl (C=O) groups excluding carboxylic acids is 3. The normalized spacial score (nSPS) is 20.9. The zero-order valence-electron chi connectivity index (χ0n) is 18.9. The van der Waals surface area contributed by atoms with Gasteiger partial charge in [0.05, 0.1) is 5.56 Å².